The number of carbonyl (C=O) groups is 2. The Morgan fingerprint density at radius 1 is 1.20 bits per heavy atom. The highest BCUT2D eigenvalue weighted by Crippen LogP contribution is 2.24. The zero-order valence-corrected chi connectivity index (χ0v) is 14.7. The molecule has 7 heteroatoms. The van der Waals surface area contributed by atoms with Crippen molar-refractivity contribution in [2.24, 2.45) is 5.92 Å². The first kappa shape index (κ1) is 17.8. The van der Waals surface area contributed by atoms with E-state index in [-0.39, 0.29) is 11.8 Å². The molecule has 0 N–H and O–H groups in total. The molecular weight excluding hydrogens is 324 g/mol. The largest absolute Gasteiger partial charge is 0.468 e. The first-order chi connectivity index (χ1) is 12.2. The van der Waals surface area contributed by atoms with Crippen LogP contribution in [0.5, 0.6) is 5.95 Å². The number of carbonyl (C=O) groups excluding carboxylic acids is 2. The molecule has 2 saturated heterocycles. The number of ether oxygens (including phenoxy) is 2. The van der Waals surface area contributed by atoms with Crippen molar-refractivity contribution in [2.45, 2.75) is 25.7 Å². The van der Waals surface area contributed by atoms with Crippen LogP contribution in [-0.4, -0.2) is 68.1 Å². The molecular formula is C18H26N2O5. The maximum Gasteiger partial charge on any atom is 0.289 e. The summed E-state index contributed by atoms with van der Waals surface area (Å²) in [7, 11) is 1.51. The highest BCUT2D eigenvalue weighted by atomic mass is 16.6. The molecule has 0 radical (unpaired) electrons. The Kier molecular flexibility index (Phi) is 5.96. The number of rotatable bonds is 5. The average molecular weight is 350 g/mol. The molecule has 3 heterocycles. The minimum Gasteiger partial charge on any atom is -0.468 e. The molecule has 0 saturated carbocycles. The van der Waals surface area contributed by atoms with E-state index in [2.05, 4.69) is 0 Å². The van der Waals surface area contributed by atoms with Crippen LogP contribution in [0.1, 0.15) is 36.2 Å². The Balaban J connectivity index is 1.48. The summed E-state index contributed by atoms with van der Waals surface area (Å²) in [6.07, 6.45) is 3.38. The van der Waals surface area contributed by atoms with Crippen LogP contribution >= 0.6 is 0 Å². The summed E-state index contributed by atoms with van der Waals surface area (Å²) in [6, 6.07) is 3.29. The van der Waals surface area contributed by atoms with Gasteiger partial charge in [0.2, 0.25) is 5.91 Å². The van der Waals surface area contributed by atoms with Gasteiger partial charge in [-0.05, 0) is 31.2 Å². The number of hydrogen-bond acceptors (Lipinski definition) is 5. The number of likely N-dealkylation sites (tertiary alicyclic amines) is 1. The van der Waals surface area contributed by atoms with Gasteiger partial charge in [-0.3, -0.25) is 9.59 Å². The predicted octanol–water partition coefficient (Wildman–Crippen LogP) is 1.78. The molecule has 1 aromatic heterocycles. The maximum atomic E-state index is 12.5. The Morgan fingerprint density at radius 3 is 2.72 bits per heavy atom. The predicted molar refractivity (Wildman–Crippen MR) is 90.5 cm³/mol. The van der Waals surface area contributed by atoms with Crippen LogP contribution in [0.3, 0.4) is 0 Å². The Hall–Kier alpha value is -2.02. The van der Waals surface area contributed by atoms with Crippen LogP contribution in [0.2, 0.25) is 0 Å². The van der Waals surface area contributed by atoms with Crippen LogP contribution < -0.4 is 4.74 Å². The first-order valence-corrected chi connectivity index (χ1v) is 8.96. The van der Waals surface area contributed by atoms with E-state index in [1.807, 2.05) is 9.80 Å². The number of furan rings is 1. The monoisotopic (exact) mass is 350 g/mol. The Bertz CT molecular complexity index is 594. The molecule has 1 unspecified atom stereocenters. The highest BCUT2D eigenvalue weighted by Gasteiger charge is 2.27. The van der Waals surface area contributed by atoms with Gasteiger partial charge in [-0.2, -0.15) is 0 Å². The van der Waals surface area contributed by atoms with E-state index in [4.69, 9.17) is 13.9 Å². The van der Waals surface area contributed by atoms with Crippen LogP contribution in [0.15, 0.2) is 16.5 Å². The second-order valence-electron chi connectivity index (χ2n) is 6.61. The van der Waals surface area contributed by atoms with Gasteiger partial charge in [-0.15, -0.1) is 0 Å². The van der Waals surface area contributed by atoms with E-state index in [1.54, 1.807) is 12.1 Å². The van der Waals surface area contributed by atoms with Crippen molar-refractivity contribution < 1.29 is 23.5 Å². The number of nitrogens with zero attached hydrogens (tertiary/aromatic N) is 2. The smallest absolute Gasteiger partial charge is 0.289 e. The summed E-state index contributed by atoms with van der Waals surface area (Å²) >= 11 is 0. The van der Waals surface area contributed by atoms with Crippen molar-refractivity contribution in [3.8, 4) is 5.95 Å². The molecule has 1 atom stereocenters. The third kappa shape index (κ3) is 4.54. The van der Waals surface area contributed by atoms with Gasteiger partial charge in [0.15, 0.2) is 5.76 Å². The van der Waals surface area contributed by atoms with Crippen LogP contribution in [0.25, 0.3) is 0 Å². The topological polar surface area (TPSA) is 72.2 Å². The molecule has 3 rings (SSSR count). The summed E-state index contributed by atoms with van der Waals surface area (Å²) in [5.41, 5.74) is 0. The Morgan fingerprint density at radius 2 is 2.00 bits per heavy atom. The van der Waals surface area contributed by atoms with E-state index >= 15 is 0 Å². The van der Waals surface area contributed by atoms with Gasteiger partial charge in [0.1, 0.15) is 0 Å². The number of morpholine rings is 1. The quantitative estimate of drug-likeness (QED) is 0.809. The third-order valence-electron chi connectivity index (χ3n) is 4.93. The standard InChI is InChI=1S/C18H26N2O5/c1-23-17-7-5-15(25-17)18(22)20-8-2-3-14(13-20)4-6-16(21)19-9-11-24-12-10-19/h5,7,14H,2-4,6,8-13H2,1H3. The van der Waals surface area contributed by atoms with Crippen molar-refractivity contribution in [3.05, 3.63) is 17.9 Å². The van der Waals surface area contributed by atoms with Gasteiger partial charge in [-0.1, -0.05) is 0 Å². The molecule has 138 valence electrons. The minimum absolute atomic E-state index is 0.104. The van der Waals surface area contributed by atoms with E-state index in [9.17, 15) is 9.59 Å². The molecule has 0 aromatic carbocycles. The third-order valence-corrected chi connectivity index (χ3v) is 4.93. The van der Waals surface area contributed by atoms with Gasteiger partial charge >= 0.3 is 0 Å². The number of piperidine rings is 1. The molecule has 2 aliphatic rings. The van der Waals surface area contributed by atoms with Crippen molar-refractivity contribution >= 4 is 11.8 Å². The fraction of sp³-hybridized carbons (Fsp3) is 0.667. The van der Waals surface area contributed by atoms with Gasteiger partial charge in [0.25, 0.3) is 11.9 Å². The zero-order valence-electron chi connectivity index (χ0n) is 14.7. The fourth-order valence-corrected chi connectivity index (χ4v) is 3.48. The maximum absolute atomic E-state index is 12.5. The van der Waals surface area contributed by atoms with Gasteiger partial charge in [0.05, 0.1) is 20.3 Å². The second kappa shape index (κ2) is 8.38. The fourth-order valence-electron chi connectivity index (χ4n) is 3.48. The minimum atomic E-state index is -0.104. The second-order valence-corrected chi connectivity index (χ2v) is 6.61. The molecule has 2 fully saturated rings. The van der Waals surface area contributed by atoms with E-state index < -0.39 is 0 Å². The normalized spacial score (nSPS) is 21.2. The molecule has 2 aliphatic heterocycles. The van der Waals surface area contributed by atoms with Crippen LogP contribution in [0, 0.1) is 5.92 Å². The van der Waals surface area contributed by atoms with E-state index in [1.165, 1.54) is 7.11 Å². The molecule has 0 spiro atoms. The lowest BCUT2D eigenvalue weighted by Crippen LogP contribution is -2.42. The molecule has 2 amide bonds. The zero-order chi connectivity index (χ0) is 17.6. The van der Waals surface area contributed by atoms with E-state index in [0.29, 0.717) is 56.9 Å². The molecule has 1 aromatic rings. The van der Waals surface area contributed by atoms with Crippen molar-refractivity contribution in [2.75, 3.05) is 46.5 Å². The van der Waals surface area contributed by atoms with Gasteiger partial charge in [0, 0.05) is 38.7 Å². The lowest BCUT2D eigenvalue weighted by molar-refractivity contribution is -0.135. The SMILES string of the molecule is COc1ccc(C(=O)N2CCCC(CCC(=O)N3CCOCC3)C2)o1. The summed E-state index contributed by atoms with van der Waals surface area (Å²) in [4.78, 5) is 28.5. The van der Waals surface area contributed by atoms with Gasteiger partial charge in [-0.25, -0.2) is 0 Å². The van der Waals surface area contributed by atoms with E-state index in [0.717, 1.165) is 25.8 Å². The lowest BCUT2D eigenvalue weighted by atomic mass is 9.93. The van der Waals surface area contributed by atoms with Crippen molar-refractivity contribution in [3.63, 3.8) is 0 Å². The van der Waals surface area contributed by atoms with Gasteiger partial charge < -0.3 is 23.7 Å². The summed E-state index contributed by atoms with van der Waals surface area (Å²) in [6.45, 7) is 4.05. The molecule has 0 aliphatic carbocycles. The first-order valence-electron chi connectivity index (χ1n) is 8.96. The number of hydrogen-bond donors (Lipinski definition) is 0. The van der Waals surface area contributed by atoms with Crippen LogP contribution in [0.4, 0.5) is 0 Å². The van der Waals surface area contributed by atoms with Crippen molar-refractivity contribution in [1.29, 1.82) is 0 Å². The summed E-state index contributed by atoms with van der Waals surface area (Å²) < 4.78 is 15.6. The molecule has 25 heavy (non-hydrogen) atoms. The molecule has 0 bridgehead atoms. The van der Waals surface area contributed by atoms with Crippen LogP contribution in [-0.2, 0) is 9.53 Å². The molecule has 7 nitrogen and oxygen atoms in total. The average Bonchev–Trinajstić information content (AvgIpc) is 3.15. The van der Waals surface area contributed by atoms with Crippen molar-refractivity contribution in [1.82, 2.24) is 9.80 Å². The number of amides is 2. The summed E-state index contributed by atoms with van der Waals surface area (Å²) in [5.74, 6) is 1.10. The summed E-state index contributed by atoms with van der Waals surface area (Å²) in [5, 5.41) is 0. The lowest BCUT2D eigenvalue weighted by Gasteiger charge is -2.33. The highest BCUT2D eigenvalue weighted by molar-refractivity contribution is 5.91. The Labute approximate surface area is 147 Å². The number of methoxy groups -OCH3 is 1.